The van der Waals surface area contributed by atoms with Gasteiger partial charge in [0.1, 0.15) is 0 Å². The summed E-state index contributed by atoms with van der Waals surface area (Å²) in [5, 5.41) is 6.83. The number of hydrogen-bond donors (Lipinski definition) is 2. The summed E-state index contributed by atoms with van der Waals surface area (Å²) in [5.74, 6) is 2.10. The predicted octanol–water partition coefficient (Wildman–Crippen LogP) is 4.50. The molecule has 0 aliphatic heterocycles. The molecule has 4 aliphatic carbocycles. The van der Waals surface area contributed by atoms with E-state index in [9.17, 15) is 13.2 Å². The molecule has 6 rings (SSSR count). The van der Waals surface area contributed by atoms with Gasteiger partial charge in [-0.15, -0.1) is 0 Å². The summed E-state index contributed by atoms with van der Waals surface area (Å²) in [4.78, 5) is 17.9. The van der Waals surface area contributed by atoms with Crippen molar-refractivity contribution >= 4 is 27.3 Å². The zero-order chi connectivity index (χ0) is 23.2. The molecule has 0 radical (unpaired) electrons. The predicted molar refractivity (Wildman–Crippen MR) is 127 cm³/mol. The first-order valence-electron chi connectivity index (χ1n) is 11.6. The minimum absolute atomic E-state index is 0.000484. The quantitative estimate of drug-likeness (QED) is 0.583. The van der Waals surface area contributed by atoms with Crippen LogP contribution in [0.3, 0.4) is 0 Å². The Labute approximate surface area is 195 Å². The number of amides is 1. The van der Waals surface area contributed by atoms with E-state index in [1.54, 1.807) is 12.1 Å². The van der Waals surface area contributed by atoms with Crippen molar-refractivity contribution in [3.8, 4) is 0 Å². The molecule has 4 aliphatic rings. The molecule has 0 spiro atoms. The fourth-order valence-electron chi connectivity index (χ4n) is 6.49. The molecular weight excluding hydrogens is 438 g/mol. The Kier molecular flexibility index (Phi) is 5.71. The molecule has 0 heterocycles. The van der Waals surface area contributed by atoms with Gasteiger partial charge in [-0.3, -0.25) is 9.63 Å². The van der Waals surface area contributed by atoms with E-state index in [-0.39, 0.29) is 21.9 Å². The highest BCUT2D eigenvalue weighted by atomic mass is 32.2. The molecule has 7 nitrogen and oxygen atoms in total. The van der Waals surface area contributed by atoms with Gasteiger partial charge in [-0.05, 0) is 86.6 Å². The number of carbonyl (C=O) groups is 1. The van der Waals surface area contributed by atoms with Gasteiger partial charge in [-0.25, -0.2) is 8.42 Å². The molecule has 1 amide bonds. The summed E-state index contributed by atoms with van der Waals surface area (Å²) < 4.78 is 25.9. The third kappa shape index (κ3) is 4.27. The third-order valence-electron chi connectivity index (χ3n) is 7.60. The lowest BCUT2D eigenvalue weighted by Crippen LogP contribution is -2.54. The van der Waals surface area contributed by atoms with E-state index >= 15 is 0 Å². The Bertz CT molecular complexity index is 1130. The molecule has 2 N–H and O–H groups in total. The van der Waals surface area contributed by atoms with E-state index in [0.29, 0.717) is 5.69 Å². The van der Waals surface area contributed by atoms with Crippen LogP contribution in [0.2, 0.25) is 0 Å². The fourth-order valence-corrected chi connectivity index (χ4v) is 7.51. The van der Waals surface area contributed by atoms with E-state index in [2.05, 4.69) is 10.6 Å². The number of carbonyl (C=O) groups excluding carboxylic acids is 1. The summed E-state index contributed by atoms with van der Waals surface area (Å²) in [6.07, 6.45) is 7.72. The molecule has 4 bridgehead atoms. The Morgan fingerprint density at radius 1 is 0.970 bits per heavy atom. The van der Waals surface area contributed by atoms with Gasteiger partial charge < -0.3 is 10.6 Å². The summed E-state index contributed by atoms with van der Waals surface area (Å²) in [6.45, 7) is 0. The second kappa shape index (κ2) is 8.42. The number of nitrogens with one attached hydrogen (secondary N) is 2. The maximum absolute atomic E-state index is 13.1. The molecule has 0 atom stereocenters. The van der Waals surface area contributed by atoms with Crippen LogP contribution in [-0.2, 0) is 14.9 Å². The van der Waals surface area contributed by atoms with Gasteiger partial charge in [0.05, 0.1) is 23.4 Å². The summed E-state index contributed by atoms with van der Waals surface area (Å²) in [6, 6.07) is 13.8. The van der Waals surface area contributed by atoms with Crippen LogP contribution >= 0.6 is 0 Å². The maximum Gasteiger partial charge on any atom is 0.264 e. The van der Waals surface area contributed by atoms with Crippen LogP contribution in [0.1, 0.15) is 48.9 Å². The lowest BCUT2D eigenvalue weighted by Gasteiger charge is -2.57. The highest BCUT2D eigenvalue weighted by molar-refractivity contribution is 7.89. The van der Waals surface area contributed by atoms with Crippen molar-refractivity contribution in [2.24, 2.45) is 17.8 Å². The van der Waals surface area contributed by atoms with Gasteiger partial charge in [0.2, 0.25) is 0 Å². The van der Waals surface area contributed by atoms with Crippen LogP contribution in [0.15, 0.2) is 53.4 Å². The first kappa shape index (κ1) is 22.4. The monoisotopic (exact) mass is 469 g/mol. The zero-order valence-electron chi connectivity index (χ0n) is 19.1. The molecule has 4 saturated carbocycles. The molecule has 0 unspecified atom stereocenters. The zero-order valence-corrected chi connectivity index (χ0v) is 19.9. The number of rotatable bonds is 7. The average Bonchev–Trinajstić information content (AvgIpc) is 2.78. The smallest absolute Gasteiger partial charge is 0.264 e. The Morgan fingerprint density at radius 2 is 1.58 bits per heavy atom. The summed E-state index contributed by atoms with van der Waals surface area (Å²) in [5.41, 5.74) is 2.02. The SMILES string of the molecule is CON(C)S(=O)(=O)c1cccc(C(=O)Nc2ccccc2NC23CC4CC(CC(C4)C2)C3)c1. The highest BCUT2D eigenvalue weighted by Crippen LogP contribution is 2.56. The molecule has 2 aromatic carbocycles. The average molecular weight is 470 g/mol. The van der Waals surface area contributed by atoms with E-state index in [4.69, 9.17) is 4.84 Å². The molecule has 8 heteroatoms. The van der Waals surface area contributed by atoms with Crippen molar-refractivity contribution in [3.63, 3.8) is 0 Å². The minimum Gasteiger partial charge on any atom is -0.378 e. The first-order valence-corrected chi connectivity index (χ1v) is 13.0. The fraction of sp³-hybridized carbons (Fsp3) is 0.480. The first-order chi connectivity index (χ1) is 15.8. The van der Waals surface area contributed by atoms with E-state index < -0.39 is 10.0 Å². The molecule has 176 valence electrons. The van der Waals surface area contributed by atoms with Crippen LogP contribution in [0, 0.1) is 17.8 Å². The number of para-hydroxylation sites is 2. The van der Waals surface area contributed by atoms with Gasteiger partial charge >= 0.3 is 0 Å². The van der Waals surface area contributed by atoms with Crippen LogP contribution in [-0.4, -0.2) is 38.5 Å². The Morgan fingerprint density at radius 3 is 2.18 bits per heavy atom. The normalized spacial score (nSPS) is 28.2. The van der Waals surface area contributed by atoms with Crippen LogP contribution in [0.25, 0.3) is 0 Å². The Balaban J connectivity index is 1.36. The third-order valence-corrected chi connectivity index (χ3v) is 9.28. The number of nitrogens with zero attached hydrogens (tertiary/aromatic N) is 1. The molecule has 0 aromatic heterocycles. The van der Waals surface area contributed by atoms with Crippen molar-refractivity contribution in [3.05, 3.63) is 54.1 Å². The summed E-state index contributed by atoms with van der Waals surface area (Å²) >= 11 is 0. The van der Waals surface area contributed by atoms with Crippen molar-refractivity contribution in [2.45, 2.75) is 49.0 Å². The van der Waals surface area contributed by atoms with E-state index in [0.717, 1.165) is 27.9 Å². The molecular formula is C25H31N3O4S. The number of hydroxylamine groups is 1. The second-order valence-corrected chi connectivity index (χ2v) is 11.9. The van der Waals surface area contributed by atoms with Crippen molar-refractivity contribution in [1.82, 2.24) is 4.47 Å². The largest absolute Gasteiger partial charge is 0.378 e. The Hall–Kier alpha value is -2.42. The van der Waals surface area contributed by atoms with Crippen LogP contribution in [0.4, 0.5) is 11.4 Å². The maximum atomic E-state index is 13.1. The molecule has 2 aromatic rings. The number of hydrogen-bond acceptors (Lipinski definition) is 5. The molecule has 33 heavy (non-hydrogen) atoms. The number of sulfonamides is 1. The number of benzene rings is 2. The van der Waals surface area contributed by atoms with E-state index in [1.165, 1.54) is 64.8 Å². The lowest BCUT2D eigenvalue weighted by atomic mass is 9.53. The summed E-state index contributed by atoms with van der Waals surface area (Å²) in [7, 11) is -1.24. The van der Waals surface area contributed by atoms with Crippen LogP contribution < -0.4 is 10.6 Å². The van der Waals surface area contributed by atoms with Gasteiger partial charge in [-0.2, -0.15) is 0 Å². The van der Waals surface area contributed by atoms with E-state index in [1.807, 2.05) is 24.3 Å². The van der Waals surface area contributed by atoms with Crippen molar-refractivity contribution in [2.75, 3.05) is 24.8 Å². The lowest BCUT2D eigenvalue weighted by molar-refractivity contribution is -0.0258. The highest BCUT2D eigenvalue weighted by Gasteiger charge is 2.51. The minimum atomic E-state index is -3.84. The number of anilines is 2. The van der Waals surface area contributed by atoms with Crippen molar-refractivity contribution in [1.29, 1.82) is 0 Å². The van der Waals surface area contributed by atoms with Crippen molar-refractivity contribution < 1.29 is 18.0 Å². The second-order valence-electron chi connectivity index (χ2n) is 9.95. The van der Waals surface area contributed by atoms with Crippen LogP contribution in [0.5, 0.6) is 0 Å². The van der Waals surface area contributed by atoms with Gasteiger partial charge in [-0.1, -0.05) is 22.7 Å². The van der Waals surface area contributed by atoms with Gasteiger partial charge in [0.25, 0.3) is 15.9 Å². The topological polar surface area (TPSA) is 87.7 Å². The standard InChI is InChI=1S/C25H31N3O4S/c1-28(32-2)33(30,31)21-7-5-6-20(13-21)24(29)26-22-8-3-4-9-23(22)27-25-14-17-10-18(15-25)12-19(11-17)16-25/h3-9,13,17-19,27H,10-12,14-16H2,1-2H3,(H,26,29). The molecule has 0 saturated heterocycles. The van der Waals surface area contributed by atoms with Gasteiger partial charge in [0.15, 0.2) is 0 Å². The van der Waals surface area contributed by atoms with Gasteiger partial charge in [0, 0.05) is 18.2 Å². The molecule has 4 fully saturated rings.